The van der Waals surface area contributed by atoms with E-state index in [2.05, 4.69) is 10.1 Å². The van der Waals surface area contributed by atoms with Gasteiger partial charge in [-0.25, -0.2) is 4.79 Å². The second kappa shape index (κ2) is 9.72. The standard InChI is InChI=1S/C19H27NO3S/c1-14(24-13-16-6-4-3-5-7-16)18(21)20-12-15-8-10-17(11-9-15)19(22)23-2/h8-11,14,16H,3-7,12-13H2,1-2H3,(H,20,21). The monoisotopic (exact) mass is 349 g/mol. The highest BCUT2D eigenvalue weighted by molar-refractivity contribution is 8.00. The average molecular weight is 349 g/mol. The van der Waals surface area contributed by atoms with Crippen molar-refractivity contribution in [1.29, 1.82) is 0 Å². The van der Waals surface area contributed by atoms with Crippen molar-refractivity contribution in [3.63, 3.8) is 0 Å². The molecule has 1 atom stereocenters. The maximum atomic E-state index is 12.2. The van der Waals surface area contributed by atoms with E-state index in [0.29, 0.717) is 12.1 Å². The lowest BCUT2D eigenvalue weighted by molar-refractivity contribution is -0.120. The van der Waals surface area contributed by atoms with Crippen LogP contribution in [0.4, 0.5) is 0 Å². The fraction of sp³-hybridized carbons (Fsp3) is 0.579. The lowest BCUT2D eigenvalue weighted by Gasteiger charge is -2.22. The van der Waals surface area contributed by atoms with Crippen molar-refractivity contribution < 1.29 is 14.3 Å². The quantitative estimate of drug-likeness (QED) is 0.761. The largest absolute Gasteiger partial charge is 0.465 e. The van der Waals surface area contributed by atoms with Crippen LogP contribution in [0.1, 0.15) is 54.9 Å². The van der Waals surface area contributed by atoms with E-state index in [9.17, 15) is 9.59 Å². The smallest absolute Gasteiger partial charge is 0.337 e. The summed E-state index contributed by atoms with van der Waals surface area (Å²) in [5.41, 5.74) is 1.49. The molecule has 0 aliphatic heterocycles. The number of carbonyl (C=O) groups excluding carboxylic acids is 2. The summed E-state index contributed by atoms with van der Waals surface area (Å²) in [6.07, 6.45) is 6.68. The minimum absolute atomic E-state index is 0.0266. The molecule has 24 heavy (non-hydrogen) atoms. The van der Waals surface area contributed by atoms with Crippen molar-refractivity contribution in [2.24, 2.45) is 5.92 Å². The van der Waals surface area contributed by atoms with Gasteiger partial charge in [0.05, 0.1) is 17.9 Å². The van der Waals surface area contributed by atoms with Gasteiger partial charge in [0.2, 0.25) is 5.91 Å². The predicted molar refractivity (Wildman–Crippen MR) is 98.1 cm³/mol. The van der Waals surface area contributed by atoms with Crippen molar-refractivity contribution in [2.75, 3.05) is 12.9 Å². The average Bonchev–Trinajstić information content (AvgIpc) is 2.64. The first-order valence-electron chi connectivity index (χ1n) is 8.66. The summed E-state index contributed by atoms with van der Waals surface area (Å²) in [5.74, 6) is 1.60. The van der Waals surface area contributed by atoms with Crippen LogP contribution in [0.2, 0.25) is 0 Å². The fourth-order valence-corrected chi connectivity index (χ4v) is 4.05. The number of hydrogen-bond acceptors (Lipinski definition) is 4. The fourth-order valence-electron chi connectivity index (χ4n) is 2.92. The Morgan fingerprint density at radius 1 is 1.21 bits per heavy atom. The van der Waals surface area contributed by atoms with Crippen LogP contribution < -0.4 is 5.32 Å². The van der Waals surface area contributed by atoms with Gasteiger partial charge in [-0.3, -0.25) is 4.79 Å². The number of carbonyl (C=O) groups is 2. The highest BCUT2D eigenvalue weighted by Gasteiger charge is 2.18. The Morgan fingerprint density at radius 3 is 2.50 bits per heavy atom. The zero-order valence-electron chi connectivity index (χ0n) is 14.5. The minimum Gasteiger partial charge on any atom is -0.465 e. The third-order valence-corrected chi connectivity index (χ3v) is 5.90. The molecule has 1 fully saturated rings. The molecule has 5 heteroatoms. The molecule has 1 amide bonds. The van der Waals surface area contributed by atoms with Gasteiger partial charge >= 0.3 is 5.97 Å². The summed E-state index contributed by atoms with van der Waals surface area (Å²) >= 11 is 1.76. The zero-order valence-corrected chi connectivity index (χ0v) is 15.4. The van der Waals surface area contributed by atoms with E-state index < -0.39 is 0 Å². The van der Waals surface area contributed by atoms with Gasteiger partial charge in [-0.2, -0.15) is 0 Å². The van der Waals surface area contributed by atoms with E-state index in [1.165, 1.54) is 39.2 Å². The SMILES string of the molecule is COC(=O)c1ccc(CNC(=O)C(C)SCC2CCCCC2)cc1. The molecule has 1 aromatic carbocycles. The molecule has 0 saturated heterocycles. The van der Waals surface area contributed by atoms with Crippen LogP contribution in [0.15, 0.2) is 24.3 Å². The van der Waals surface area contributed by atoms with Gasteiger partial charge < -0.3 is 10.1 Å². The second-order valence-electron chi connectivity index (χ2n) is 6.39. The predicted octanol–water partition coefficient (Wildman–Crippen LogP) is 3.79. The Morgan fingerprint density at radius 2 is 1.88 bits per heavy atom. The molecule has 1 aromatic rings. The Labute approximate surface area is 148 Å². The molecule has 1 aliphatic carbocycles. The van der Waals surface area contributed by atoms with Gasteiger partial charge in [0, 0.05) is 6.54 Å². The zero-order chi connectivity index (χ0) is 17.4. The highest BCUT2D eigenvalue weighted by atomic mass is 32.2. The van der Waals surface area contributed by atoms with Crippen molar-refractivity contribution in [3.8, 4) is 0 Å². The van der Waals surface area contributed by atoms with Crippen molar-refractivity contribution in [2.45, 2.75) is 50.8 Å². The number of methoxy groups -OCH3 is 1. The highest BCUT2D eigenvalue weighted by Crippen LogP contribution is 2.28. The van der Waals surface area contributed by atoms with E-state index in [-0.39, 0.29) is 17.1 Å². The molecule has 4 nitrogen and oxygen atoms in total. The molecule has 0 spiro atoms. The Balaban J connectivity index is 1.72. The summed E-state index contributed by atoms with van der Waals surface area (Å²) < 4.78 is 4.67. The van der Waals surface area contributed by atoms with E-state index in [0.717, 1.165) is 17.2 Å². The van der Waals surface area contributed by atoms with Crippen LogP contribution in [0, 0.1) is 5.92 Å². The maximum absolute atomic E-state index is 12.2. The van der Waals surface area contributed by atoms with Gasteiger partial charge in [0.25, 0.3) is 0 Å². The topological polar surface area (TPSA) is 55.4 Å². The first kappa shape index (κ1) is 18.8. The molecule has 132 valence electrons. The molecule has 0 aromatic heterocycles. The molecule has 2 rings (SSSR count). The number of thioether (sulfide) groups is 1. The number of nitrogens with one attached hydrogen (secondary N) is 1. The van der Waals surface area contributed by atoms with Crippen molar-refractivity contribution in [1.82, 2.24) is 5.32 Å². The third-order valence-electron chi connectivity index (χ3n) is 4.52. The van der Waals surface area contributed by atoms with E-state index >= 15 is 0 Å². The third kappa shape index (κ3) is 5.86. The lowest BCUT2D eigenvalue weighted by atomic mass is 9.91. The molecule has 1 N–H and O–H groups in total. The summed E-state index contributed by atoms with van der Waals surface area (Å²) in [4.78, 5) is 23.6. The summed E-state index contributed by atoms with van der Waals surface area (Å²) in [6.45, 7) is 2.46. The minimum atomic E-state index is -0.349. The molecule has 1 aliphatic rings. The van der Waals surface area contributed by atoms with Gasteiger partial charge in [-0.05, 0) is 49.1 Å². The molecular formula is C19H27NO3S. The van der Waals surface area contributed by atoms with E-state index in [1.807, 2.05) is 19.1 Å². The van der Waals surface area contributed by atoms with Crippen LogP contribution in [-0.2, 0) is 16.1 Å². The van der Waals surface area contributed by atoms with Gasteiger partial charge in [-0.1, -0.05) is 31.4 Å². The summed E-state index contributed by atoms with van der Waals surface area (Å²) in [5, 5.41) is 2.95. The number of ether oxygens (including phenoxy) is 1. The van der Waals surface area contributed by atoms with Crippen molar-refractivity contribution >= 4 is 23.6 Å². The molecule has 0 radical (unpaired) electrons. The maximum Gasteiger partial charge on any atom is 0.337 e. The Hall–Kier alpha value is -1.49. The van der Waals surface area contributed by atoms with E-state index in [4.69, 9.17) is 0 Å². The van der Waals surface area contributed by atoms with Crippen LogP contribution in [0.3, 0.4) is 0 Å². The number of rotatable bonds is 7. The van der Waals surface area contributed by atoms with Gasteiger partial charge in [0.1, 0.15) is 0 Å². The van der Waals surface area contributed by atoms with Crippen LogP contribution in [-0.4, -0.2) is 30.0 Å². The first-order chi connectivity index (χ1) is 11.6. The lowest BCUT2D eigenvalue weighted by Crippen LogP contribution is -2.31. The first-order valence-corrected chi connectivity index (χ1v) is 9.71. The Bertz CT molecular complexity index is 538. The van der Waals surface area contributed by atoms with Gasteiger partial charge in [-0.15, -0.1) is 11.8 Å². The molecular weight excluding hydrogens is 322 g/mol. The molecule has 1 saturated carbocycles. The number of esters is 1. The number of benzene rings is 1. The molecule has 0 bridgehead atoms. The van der Waals surface area contributed by atoms with Crippen LogP contribution >= 0.6 is 11.8 Å². The van der Waals surface area contributed by atoms with Gasteiger partial charge in [0.15, 0.2) is 0 Å². The normalized spacial score (nSPS) is 16.4. The molecule has 1 unspecified atom stereocenters. The van der Waals surface area contributed by atoms with Crippen LogP contribution in [0.5, 0.6) is 0 Å². The number of hydrogen-bond donors (Lipinski definition) is 1. The molecule has 0 heterocycles. The van der Waals surface area contributed by atoms with Crippen LogP contribution in [0.25, 0.3) is 0 Å². The summed E-state index contributed by atoms with van der Waals surface area (Å²) in [6, 6.07) is 7.11. The Kier molecular flexibility index (Phi) is 7.63. The second-order valence-corrected chi connectivity index (χ2v) is 7.76. The number of amides is 1. The van der Waals surface area contributed by atoms with E-state index in [1.54, 1.807) is 23.9 Å². The summed E-state index contributed by atoms with van der Waals surface area (Å²) in [7, 11) is 1.36. The van der Waals surface area contributed by atoms with Crippen molar-refractivity contribution in [3.05, 3.63) is 35.4 Å².